The van der Waals surface area contributed by atoms with Crippen molar-refractivity contribution >= 4 is 29.4 Å². The fraction of sp³-hybridized carbons (Fsp3) is 0.429. The minimum absolute atomic E-state index is 0. The first-order valence-corrected chi connectivity index (χ1v) is 6.44. The van der Waals surface area contributed by atoms with Gasteiger partial charge in [-0.2, -0.15) is 0 Å². The number of rotatable bonds is 5. The molecule has 0 bridgehead atoms. The van der Waals surface area contributed by atoms with Crippen molar-refractivity contribution in [3.05, 3.63) is 29.7 Å². The monoisotopic (exact) mass is 297 g/mol. The summed E-state index contributed by atoms with van der Waals surface area (Å²) in [6, 6.07) is 5.84. The molecule has 20 heavy (non-hydrogen) atoms. The molecule has 1 atom stereocenters. The summed E-state index contributed by atoms with van der Waals surface area (Å²) in [6.45, 7) is 4.67. The van der Waals surface area contributed by atoms with Crippen LogP contribution in [0.5, 0.6) is 0 Å². The number of nitrogens with one attached hydrogen (secondary N) is 1. The maximum atomic E-state index is 11.5. The first-order valence-electron chi connectivity index (χ1n) is 6.44. The van der Waals surface area contributed by atoms with Crippen molar-refractivity contribution in [3.8, 4) is 0 Å². The summed E-state index contributed by atoms with van der Waals surface area (Å²) in [6.07, 6.45) is 0.581. The molecule has 2 aromatic rings. The summed E-state index contributed by atoms with van der Waals surface area (Å²) in [5.74, 6) is 0.450. The number of nitrogens with two attached hydrogens (primary N) is 1. The molecule has 0 aliphatic heterocycles. The van der Waals surface area contributed by atoms with Crippen LogP contribution in [0.1, 0.15) is 18.4 Å². The highest BCUT2D eigenvalue weighted by Crippen LogP contribution is 2.18. The Kier molecular flexibility index (Phi) is 5.98. The van der Waals surface area contributed by atoms with Crippen LogP contribution in [-0.2, 0) is 11.2 Å². The van der Waals surface area contributed by atoms with E-state index in [4.69, 9.17) is 10.2 Å². The molecule has 110 valence electrons. The van der Waals surface area contributed by atoms with E-state index in [-0.39, 0.29) is 24.2 Å². The summed E-state index contributed by atoms with van der Waals surface area (Å²) in [5, 5.41) is 2.82. The maximum absolute atomic E-state index is 11.5. The Bertz CT molecular complexity index is 583. The van der Waals surface area contributed by atoms with Crippen LogP contribution < -0.4 is 11.1 Å². The standard InChI is InChI=1S/C14H19N3O2.ClH/c1-9-4-3-5-11-13(9)17-12(19-11)6-7-16-14(18)10(2)8-15;/h3-5,10H,6-8,15H2,1-2H3,(H,16,18);1H. The quantitative estimate of drug-likeness (QED) is 0.882. The molecule has 1 amide bonds. The van der Waals surface area contributed by atoms with E-state index in [1.54, 1.807) is 6.92 Å². The van der Waals surface area contributed by atoms with E-state index in [0.717, 1.165) is 16.7 Å². The summed E-state index contributed by atoms with van der Waals surface area (Å²) < 4.78 is 5.63. The molecule has 0 fully saturated rings. The predicted octanol–water partition coefficient (Wildman–Crippen LogP) is 1.81. The van der Waals surface area contributed by atoms with Crippen LogP contribution in [-0.4, -0.2) is 24.0 Å². The number of aryl methyl sites for hydroxylation is 1. The third kappa shape index (κ3) is 3.71. The normalized spacial score (nSPS) is 11.9. The third-order valence-corrected chi connectivity index (χ3v) is 3.10. The number of benzene rings is 1. The Hall–Kier alpha value is -1.59. The number of amides is 1. The number of hydrogen-bond donors (Lipinski definition) is 2. The molecule has 2 rings (SSSR count). The second kappa shape index (κ2) is 7.26. The van der Waals surface area contributed by atoms with Crippen LogP contribution in [0, 0.1) is 12.8 Å². The number of para-hydroxylation sites is 1. The Balaban J connectivity index is 0.00000200. The zero-order valence-electron chi connectivity index (χ0n) is 11.7. The van der Waals surface area contributed by atoms with Gasteiger partial charge >= 0.3 is 0 Å². The van der Waals surface area contributed by atoms with Crippen LogP contribution >= 0.6 is 12.4 Å². The third-order valence-electron chi connectivity index (χ3n) is 3.10. The fourth-order valence-corrected chi connectivity index (χ4v) is 1.81. The van der Waals surface area contributed by atoms with Crippen molar-refractivity contribution in [3.63, 3.8) is 0 Å². The molecule has 0 radical (unpaired) electrons. The second-order valence-corrected chi connectivity index (χ2v) is 4.71. The molecule has 0 aliphatic rings. The largest absolute Gasteiger partial charge is 0.441 e. The highest BCUT2D eigenvalue weighted by atomic mass is 35.5. The number of carbonyl (C=O) groups excluding carboxylic acids is 1. The van der Waals surface area contributed by atoms with Gasteiger partial charge in [-0.25, -0.2) is 4.98 Å². The van der Waals surface area contributed by atoms with E-state index in [1.807, 2.05) is 25.1 Å². The molecule has 1 unspecified atom stereocenters. The summed E-state index contributed by atoms with van der Waals surface area (Å²) in [7, 11) is 0. The highest BCUT2D eigenvalue weighted by molar-refractivity contribution is 5.85. The molecular weight excluding hydrogens is 278 g/mol. The first-order chi connectivity index (χ1) is 9.11. The number of carbonyl (C=O) groups is 1. The Morgan fingerprint density at radius 3 is 2.90 bits per heavy atom. The van der Waals surface area contributed by atoms with E-state index in [9.17, 15) is 4.79 Å². The van der Waals surface area contributed by atoms with Gasteiger partial charge in [0.05, 0.1) is 0 Å². The van der Waals surface area contributed by atoms with Crippen molar-refractivity contribution < 1.29 is 9.21 Å². The first kappa shape index (κ1) is 16.5. The van der Waals surface area contributed by atoms with E-state index in [0.29, 0.717) is 25.4 Å². The lowest BCUT2D eigenvalue weighted by molar-refractivity contribution is -0.124. The van der Waals surface area contributed by atoms with E-state index in [1.165, 1.54) is 0 Å². The Labute approximate surface area is 124 Å². The fourth-order valence-electron chi connectivity index (χ4n) is 1.81. The smallest absolute Gasteiger partial charge is 0.224 e. The van der Waals surface area contributed by atoms with E-state index >= 15 is 0 Å². The Morgan fingerprint density at radius 1 is 1.50 bits per heavy atom. The zero-order valence-corrected chi connectivity index (χ0v) is 12.5. The van der Waals surface area contributed by atoms with Crippen LogP contribution in [0.3, 0.4) is 0 Å². The molecule has 0 saturated heterocycles. The van der Waals surface area contributed by atoms with Gasteiger partial charge in [-0.05, 0) is 18.6 Å². The van der Waals surface area contributed by atoms with Gasteiger partial charge in [0.1, 0.15) is 5.52 Å². The molecule has 0 saturated carbocycles. The molecule has 5 nitrogen and oxygen atoms in total. The molecule has 1 aromatic carbocycles. The number of hydrogen-bond acceptors (Lipinski definition) is 4. The summed E-state index contributed by atoms with van der Waals surface area (Å²) in [4.78, 5) is 16.0. The minimum Gasteiger partial charge on any atom is -0.441 e. The second-order valence-electron chi connectivity index (χ2n) is 4.71. The summed E-state index contributed by atoms with van der Waals surface area (Å²) >= 11 is 0. The zero-order chi connectivity index (χ0) is 13.8. The Morgan fingerprint density at radius 2 is 2.25 bits per heavy atom. The van der Waals surface area contributed by atoms with E-state index in [2.05, 4.69) is 10.3 Å². The lowest BCUT2D eigenvalue weighted by Crippen LogP contribution is -2.34. The van der Waals surface area contributed by atoms with Crippen molar-refractivity contribution in [2.45, 2.75) is 20.3 Å². The molecule has 6 heteroatoms. The van der Waals surface area contributed by atoms with Crippen LogP contribution in [0.2, 0.25) is 0 Å². The van der Waals surface area contributed by atoms with Crippen LogP contribution in [0.15, 0.2) is 22.6 Å². The molecule has 0 spiro atoms. The lowest BCUT2D eigenvalue weighted by atomic mass is 10.2. The van der Waals surface area contributed by atoms with Gasteiger partial charge in [0, 0.05) is 25.4 Å². The molecule has 3 N–H and O–H groups in total. The van der Waals surface area contributed by atoms with Gasteiger partial charge in [0.2, 0.25) is 5.91 Å². The number of halogens is 1. The lowest BCUT2D eigenvalue weighted by Gasteiger charge is -2.08. The predicted molar refractivity (Wildman–Crippen MR) is 80.9 cm³/mol. The minimum atomic E-state index is -0.161. The number of oxazole rings is 1. The van der Waals surface area contributed by atoms with Crippen molar-refractivity contribution in [1.82, 2.24) is 10.3 Å². The van der Waals surface area contributed by atoms with Gasteiger partial charge in [-0.1, -0.05) is 19.1 Å². The molecule has 1 aromatic heterocycles. The van der Waals surface area contributed by atoms with Gasteiger partial charge in [-0.3, -0.25) is 4.79 Å². The SMILES string of the molecule is Cc1cccc2oc(CCNC(=O)C(C)CN)nc12.Cl. The molecule has 0 aliphatic carbocycles. The van der Waals surface area contributed by atoms with Gasteiger partial charge in [0.15, 0.2) is 11.5 Å². The number of nitrogens with zero attached hydrogens (tertiary/aromatic N) is 1. The molecule has 1 heterocycles. The average molecular weight is 298 g/mol. The van der Waals surface area contributed by atoms with Crippen LogP contribution in [0.25, 0.3) is 11.1 Å². The number of aromatic nitrogens is 1. The summed E-state index contributed by atoms with van der Waals surface area (Å²) in [5.41, 5.74) is 8.20. The van der Waals surface area contributed by atoms with Gasteiger partial charge in [0.25, 0.3) is 0 Å². The van der Waals surface area contributed by atoms with Crippen molar-refractivity contribution in [1.29, 1.82) is 0 Å². The van der Waals surface area contributed by atoms with Crippen LogP contribution in [0.4, 0.5) is 0 Å². The maximum Gasteiger partial charge on any atom is 0.224 e. The van der Waals surface area contributed by atoms with Crippen molar-refractivity contribution in [2.24, 2.45) is 11.7 Å². The number of fused-ring (bicyclic) bond motifs is 1. The van der Waals surface area contributed by atoms with Crippen molar-refractivity contribution in [2.75, 3.05) is 13.1 Å². The van der Waals surface area contributed by atoms with E-state index < -0.39 is 0 Å². The van der Waals surface area contributed by atoms with Gasteiger partial charge in [-0.15, -0.1) is 12.4 Å². The highest BCUT2D eigenvalue weighted by Gasteiger charge is 2.11. The average Bonchev–Trinajstić information content (AvgIpc) is 2.82. The topological polar surface area (TPSA) is 81.2 Å². The molecular formula is C14H20ClN3O2. The van der Waals surface area contributed by atoms with Gasteiger partial charge < -0.3 is 15.5 Å².